The number of fused-ring (bicyclic) bond motifs is 4. The number of carbonyl (C=O) groups excluding carboxylic acids is 1. The average Bonchev–Trinajstić information content (AvgIpc) is 3.09. The van der Waals surface area contributed by atoms with E-state index in [1.165, 1.54) is 22.0 Å². The van der Waals surface area contributed by atoms with Gasteiger partial charge in [-0.3, -0.25) is 19.7 Å². The van der Waals surface area contributed by atoms with Gasteiger partial charge >= 0.3 is 11.2 Å². The van der Waals surface area contributed by atoms with Gasteiger partial charge < -0.3 is 9.47 Å². The quantitative estimate of drug-likeness (QED) is 0.616. The van der Waals surface area contributed by atoms with Crippen LogP contribution in [0.4, 0.5) is 5.69 Å². The van der Waals surface area contributed by atoms with Gasteiger partial charge in [0.1, 0.15) is 0 Å². The normalized spacial score (nSPS) is 22.1. The van der Waals surface area contributed by atoms with Crippen molar-refractivity contribution in [3.63, 3.8) is 0 Å². The van der Waals surface area contributed by atoms with Crippen LogP contribution in [0.25, 0.3) is 0 Å². The number of hydrogen-bond donors (Lipinski definition) is 0. The predicted octanol–water partition coefficient (Wildman–Crippen LogP) is 2.08. The van der Waals surface area contributed by atoms with Crippen LogP contribution >= 0.6 is 11.3 Å². The Morgan fingerprint density at radius 3 is 2.79 bits per heavy atom. The lowest BCUT2D eigenvalue weighted by Gasteiger charge is -2.42. The molecule has 0 aromatic carbocycles. The van der Waals surface area contributed by atoms with Crippen LogP contribution in [-0.2, 0) is 6.54 Å². The summed E-state index contributed by atoms with van der Waals surface area (Å²) in [6.45, 7) is 1.56. The van der Waals surface area contributed by atoms with E-state index in [9.17, 15) is 19.7 Å². The first kappa shape index (κ1) is 15.1. The topological polar surface area (TPSA) is 85.5 Å². The van der Waals surface area contributed by atoms with Crippen molar-refractivity contribution in [3.05, 3.63) is 60.7 Å². The SMILES string of the molecule is O=C(c1cccs1)N1C[C@H]2C[C@H](C1)c1ccc([N+](=O)[O-])c(=O)n1C2. The van der Waals surface area contributed by atoms with E-state index in [1.54, 1.807) is 6.07 Å². The van der Waals surface area contributed by atoms with Gasteiger partial charge in [0.2, 0.25) is 0 Å². The molecule has 0 aliphatic carbocycles. The highest BCUT2D eigenvalue weighted by molar-refractivity contribution is 7.12. The number of rotatable bonds is 2. The number of likely N-dealkylation sites (tertiary alicyclic amines) is 1. The maximum atomic E-state index is 12.6. The van der Waals surface area contributed by atoms with Crippen molar-refractivity contribution >= 4 is 22.9 Å². The van der Waals surface area contributed by atoms with Gasteiger partial charge in [-0.1, -0.05) is 6.07 Å². The van der Waals surface area contributed by atoms with E-state index in [0.717, 1.165) is 17.0 Å². The summed E-state index contributed by atoms with van der Waals surface area (Å²) in [7, 11) is 0. The van der Waals surface area contributed by atoms with Crippen molar-refractivity contribution in [1.29, 1.82) is 0 Å². The standard InChI is InChI=1S/C16H15N3O4S/c20-15-13(19(22)23)4-3-12-11-6-10(8-18(12)15)7-17(9-11)16(21)14-2-1-5-24-14/h1-5,10-11H,6-9H2/t10-,11-/m1/s1. The summed E-state index contributed by atoms with van der Waals surface area (Å²) in [4.78, 5) is 37.8. The Labute approximate surface area is 141 Å². The predicted molar refractivity (Wildman–Crippen MR) is 88.4 cm³/mol. The molecule has 1 amide bonds. The Hall–Kier alpha value is -2.48. The van der Waals surface area contributed by atoms with Crippen LogP contribution in [-0.4, -0.2) is 33.4 Å². The van der Waals surface area contributed by atoms with Gasteiger partial charge in [0.15, 0.2) is 0 Å². The van der Waals surface area contributed by atoms with Crippen molar-refractivity contribution in [2.24, 2.45) is 5.92 Å². The number of carbonyl (C=O) groups is 1. The van der Waals surface area contributed by atoms with Crippen molar-refractivity contribution in [3.8, 4) is 0 Å². The molecular formula is C16H15N3O4S. The summed E-state index contributed by atoms with van der Waals surface area (Å²) in [5, 5.41) is 12.8. The van der Waals surface area contributed by atoms with Crippen molar-refractivity contribution < 1.29 is 9.72 Å². The van der Waals surface area contributed by atoms with E-state index < -0.39 is 10.5 Å². The number of thiophene rings is 1. The molecular weight excluding hydrogens is 330 g/mol. The number of piperidine rings is 1. The Balaban J connectivity index is 1.67. The van der Waals surface area contributed by atoms with Crippen LogP contribution in [0.2, 0.25) is 0 Å². The fraction of sp³-hybridized carbons (Fsp3) is 0.375. The third-order valence-corrected chi connectivity index (χ3v) is 5.66. The number of pyridine rings is 1. The fourth-order valence-corrected chi connectivity index (χ4v) is 4.49. The van der Waals surface area contributed by atoms with E-state index in [0.29, 0.717) is 19.6 Å². The smallest absolute Gasteiger partial charge is 0.334 e. The number of nitrogens with zero attached hydrogens (tertiary/aromatic N) is 3. The molecule has 2 bridgehead atoms. The lowest BCUT2D eigenvalue weighted by molar-refractivity contribution is -0.386. The minimum atomic E-state index is -0.632. The van der Waals surface area contributed by atoms with Gasteiger partial charge in [0.25, 0.3) is 5.91 Å². The van der Waals surface area contributed by atoms with Gasteiger partial charge in [-0.15, -0.1) is 11.3 Å². The molecule has 0 radical (unpaired) electrons. The Morgan fingerprint density at radius 2 is 2.08 bits per heavy atom. The summed E-state index contributed by atoms with van der Waals surface area (Å²) < 4.78 is 1.53. The minimum Gasteiger partial charge on any atom is -0.337 e. The molecule has 2 aliphatic heterocycles. The maximum Gasteiger partial charge on any atom is 0.334 e. The first-order chi connectivity index (χ1) is 11.5. The van der Waals surface area contributed by atoms with Crippen LogP contribution in [0.1, 0.15) is 27.7 Å². The molecule has 2 aromatic rings. The highest BCUT2D eigenvalue weighted by Crippen LogP contribution is 2.36. The first-order valence-corrected chi connectivity index (χ1v) is 8.63. The van der Waals surface area contributed by atoms with Gasteiger partial charge in [-0.25, -0.2) is 0 Å². The Bertz CT molecular complexity index is 874. The van der Waals surface area contributed by atoms with Crippen LogP contribution in [0.3, 0.4) is 0 Å². The molecule has 8 heteroatoms. The molecule has 124 valence electrons. The Kier molecular flexibility index (Phi) is 3.49. The van der Waals surface area contributed by atoms with Crippen LogP contribution in [0, 0.1) is 16.0 Å². The molecule has 0 unspecified atom stereocenters. The number of amides is 1. The lowest BCUT2D eigenvalue weighted by atomic mass is 9.83. The first-order valence-electron chi connectivity index (χ1n) is 7.75. The second-order valence-electron chi connectivity index (χ2n) is 6.30. The lowest BCUT2D eigenvalue weighted by Crippen LogP contribution is -2.49. The van der Waals surface area contributed by atoms with E-state index in [1.807, 2.05) is 22.4 Å². The molecule has 7 nitrogen and oxygen atoms in total. The molecule has 1 saturated heterocycles. The molecule has 4 rings (SSSR count). The zero-order valence-electron chi connectivity index (χ0n) is 12.8. The minimum absolute atomic E-state index is 0.0254. The summed E-state index contributed by atoms with van der Waals surface area (Å²) >= 11 is 1.42. The largest absolute Gasteiger partial charge is 0.337 e. The highest BCUT2D eigenvalue weighted by atomic mass is 32.1. The summed E-state index contributed by atoms with van der Waals surface area (Å²) in [6, 6.07) is 6.63. The number of nitro groups is 1. The van der Waals surface area contributed by atoms with Crippen molar-refractivity contribution in [2.45, 2.75) is 18.9 Å². The Morgan fingerprint density at radius 1 is 1.25 bits per heavy atom. The molecule has 24 heavy (non-hydrogen) atoms. The van der Waals surface area contributed by atoms with Gasteiger partial charge in [0, 0.05) is 37.3 Å². The van der Waals surface area contributed by atoms with E-state index in [4.69, 9.17) is 0 Å². The van der Waals surface area contributed by atoms with Crippen LogP contribution in [0.5, 0.6) is 0 Å². The molecule has 1 fully saturated rings. The van der Waals surface area contributed by atoms with Crippen molar-refractivity contribution in [1.82, 2.24) is 9.47 Å². The zero-order valence-corrected chi connectivity index (χ0v) is 13.6. The summed E-state index contributed by atoms with van der Waals surface area (Å²) in [6.07, 6.45) is 0.908. The third-order valence-electron chi connectivity index (χ3n) is 4.80. The highest BCUT2D eigenvalue weighted by Gasteiger charge is 2.37. The molecule has 0 N–H and O–H groups in total. The number of hydrogen-bond acceptors (Lipinski definition) is 5. The number of aromatic nitrogens is 1. The van der Waals surface area contributed by atoms with Crippen LogP contribution in [0.15, 0.2) is 34.4 Å². The molecule has 2 atom stereocenters. The van der Waals surface area contributed by atoms with Gasteiger partial charge in [0.05, 0.1) is 9.80 Å². The molecule has 0 saturated carbocycles. The molecule has 4 heterocycles. The fourth-order valence-electron chi connectivity index (χ4n) is 3.80. The van der Waals surface area contributed by atoms with Gasteiger partial charge in [-0.2, -0.15) is 0 Å². The zero-order chi connectivity index (χ0) is 16.8. The van der Waals surface area contributed by atoms with E-state index in [2.05, 4.69) is 0 Å². The van der Waals surface area contributed by atoms with Crippen molar-refractivity contribution in [2.75, 3.05) is 13.1 Å². The van der Waals surface area contributed by atoms with Gasteiger partial charge in [-0.05, 0) is 29.9 Å². The van der Waals surface area contributed by atoms with E-state index in [-0.39, 0.29) is 23.4 Å². The second kappa shape index (κ2) is 5.55. The van der Waals surface area contributed by atoms with E-state index >= 15 is 0 Å². The second-order valence-corrected chi connectivity index (χ2v) is 7.25. The summed E-state index contributed by atoms with van der Waals surface area (Å²) in [5.41, 5.74) is -0.124. The molecule has 2 aliphatic rings. The molecule has 0 spiro atoms. The van der Waals surface area contributed by atoms with Crippen LogP contribution < -0.4 is 5.56 Å². The molecule has 2 aromatic heterocycles. The monoisotopic (exact) mass is 345 g/mol. The third kappa shape index (κ3) is 2.34. The summed E-state index contributed by atoms with van der Waals surface area (Å²) in [5.74, 6) is 0.229. The maximum absolute atomic E-state index is 12.6. The average molecular weight is 345 g/mol.